The van der Waals surface area contributed by atoms with E-state index < -0.39 is 10.0 Å². The number of nitrogens with zero attached hydrogens (tertiary/aromatic N) is 2. The summed E-state index contributed by atoms with van der Waals surface area (Å²) in [7, 11) is -1.53. The average Bonchev–Trinajstić information content (AvgIpc) is 3.36. The molecule has 1 aliphatic heterocycles. The van der Waals surface area contributed by atoms with E-state index in [4.69, 9.17) is 0 Å². The monoisotopic (exact) mass is 456 g/mol. The van der Waals surface area contributed by atoms with Gasteiger partial charge in [0.15, 0.2) is 0 Å². The molecule has 0 unspecified atom stereocenters. The van der Waals surface area contributed by atoms with Crippen molar-refractivity contribution in [2.24, 2.45) is 13.0 Å². The third-order valence-electron chi connectivity index (χ3n) is 6.79. The van der Waals surface area contributed by atoms with Crippen molar-refractivity contribution in [3.8, 4) is 0 Å². The van der Waals surface area contributed by atoms with Gasteiger partial charge in [-0.1, -0.05) is 78.4 Å². The SMILES string of the molecule is C=C1CN(S(=O)(=O)c2ccc(C)cc2)C[C@@H]1[C@H](c1ccccc1)c1cn(C)c2ccccc12. The van der Waals surface area contributed by atoms with Crippen LogP contribution in [0.25, 0.3) is 10.9 Å². The first-order chi connectivity index (χ1) is 15.9. The second kappa shape index (κ2) is 8.32. The van der Waals surface area contributed by atoms with Crippen LogP contribution in [0, 0.1) is 12.8 Å². The first-order valence-electron chi connectivity index (χ1n) is 11.2. The Balaban J connectivity index is 1.58. The van der Waals surface area contributed by atoms with Crippen LogP contribution in [0.4, 0.5) is 0 Å². The Morgan fingerprint density at radius 2 is 1.61 bits per heavy atom. The first-order valence-corrected chi connectivity index (χ1v) is 12.6. The molecule has 1 aromatic heterocycles. The number of aromatic nitrogens is 1. The number of para-hydroxylation sites is 1. The van der Waals surface area contributed by atoms with Crippen molar-refractivity contribution in [3.05, 3.63) is 114 Å². The predicted octanol–water partition coefficient (Wildman–Crippen LogP) is 5.50. The van der Waals surface area contributed by atoms with Crippen LogP contribution < -0.4 is 0 Å². The Labute approximate surface area is 195 Å². The lowest BCUT2D eigenvalue weighted by atomic mass is 9.78. The third kappa shape index (κ3) is 3.81. The maximum atomic E-state index is 13.4. The molecule has 0 spiro atoms. The molecule has 0 bridgehead atoms. The van der Waals surface area contributed by atoms with E-state index in [2.05, 4.69) is 54.7 Å². The van der Waals surface area contributed by atoms with Crippen molar-refractivity contribution in [1.29, 1.82) is 0 Å². The van der Waals surface area contributed by atoms with Crippen LogP contribution in [0.3, 0.4) is 0 Å². The number of aryl methyl sites for hydroxylation is 2. The van der Waals surface area contributed by atoms with E-state index in [1.807, 2.05) is 43.3 Å². The van der Waals surface area contributed by atoms with Crippen molar-refractivity contribution >= 4 is 20.9 Å². The zero-order chi connectivity index (χ0) is 23.2. The van der Waals surface area contributed by atoms with E-state index in [0.29, 0.717) is 18.0 Å². The fraction of sp³-hybridized carbons (Fsp3) is 0.214. The number of sulfonamides is 1. The van der Waals surface area contributed by atoms with Crippen LogP contribution in [0.15, 0.2) is 102 Å². The second-order valence-electron chi connectivity index (χ2n) is 8.98. The largest absolute Gasteiger partial charge is 0.350 e. The summed E-state index contributed by atoms with van der Waals surface area (Å²) in [5.74, 6) is 0.00134. The second-order valence-corrected chi connectivity index (χ2v) is 10.9. The van der Waals surface area contributed by atoms with Gasteiger partial charge >= 0.3 is 0 Å². The average molecular weight is 457 g/mol. The van der Waals surface area contributed by atoms with Crippen molar-refractivity contribution in [2.75, 3.05) is 13.1 Å². The summed E-state index contributed by atoms with van der Waals surface area (Å²) in [5.41, 5.74) is 5.54. The number of fused-ring (bicyclic) bond motifs is 1. The number of rotatable bonds is 5. The molecule has 0 aliphatic carbocycles. The van der Waals surface area contributed by atoms with E-state index in [0.717, 1.165) is 11.1 Å². The van der Waals surface area contributed by atoms with Gasteiger partial charge in [0.05, 0.1) is 4.90 Å². The minimum atomic E-state index is -3.59. The molecule has 168 valence electrons. The van der Waals surface area contributed by atoms with Crippen molar-refractivity contribution in [1.82, 2.24) is 8.87 Å². The Kier molecular flexibility index (Phi) is 5.47. The van der Waals surface area contributed by atoms with Crippen LogP contribution in [-0.4, -0.2) is 30.4 Å². The smallest absolute Gasteiger partial charge is 0.243 e. The zero-order valence-electron chi connectivity index (χ0n) is 19.0. The molecule has 2 atom stereocenters. The van der Waals surface area contributed by atoms with E-state index in [-0.39, 0.29) is 11.8 Å². The highest BCUT2D eigenvalue weighted by molar-refractivity contribution is 7.89. The van der Waals surface area contributed by atoms with Gasteiger partial charge in [0, 0.05) is 49.1 Å². The van der Waals surface area contributed by atoms with Crippen LogP contribution in [0.5, 0.6) is 0 Å². The summed E-state index contributed by atoms with van der Waals surface area (Å²) < 4.78 is 30.6. The maximum absolute atomic E-state index is 13.4. The first kappa shape index (κ1) is 21.7. The zero-order valence-corrected chi connectivity index (χ0v) is 19.8. The van der Waals surface area contributed by atoms with Gasteiger partial charge in [-0.2, -0.15) is 4.31 Å². The summed E-state index contributed by atoms with van der Waals surface area (Å²) in [6.07, 6.45) is 2.19. The molecule has 3 aromatic carbocycles. The molecule has 1 aliphatic rings. The maximum Gasteiger partial charge on any atom is 0.243 e. The van der Waals surface area contributed by atoms with Crippen LogP contribution in [-0.2, 0) is 17.1 Å². The van der Waals surface area contributed by atoms with Gasteiger partial charge in [-0.05, 0) is 36.2 Å². The number of hydrogen-bond donors (Lipinski definition) is 0. The highest BCUT2D eigenvalue weighted by Crippen LogP contribution is 2.43. The molecular formula is C28H28N2O2S. The van der Waals surface area contributed by atoms with E-state index in [1.165, 1.54) is 22.0 Å². The molecule has 1 saturated heterocycles. The third-order valence-corrected chi connectivity index (χ3v) is 8.61. The van der Waals surface area contributed by atoms with Gasteiger partial charge in [0.25, 0.3) is 0 Å². The lowest BCUT2D eigenvalue weighted by molar-refractivity contribution is 0.443. The summed E-state index contributed by atoms with van der Waals surface area (Å²) in [5, 5.41) is 1.20. The van der Waals surface area contributed by atoms with Gasteiger partial charge in [-0.15, -0.1) is 0 Å². The molecule has 0 N–H and O–H groups in total. The van der Waals surface area contributed by atoms with Gasteiger partial charge in [0.2, 0.25) is 10.0 Å². The van der Waals surface area contributed by atoms with Gasteiger partial charge in [0.1, 0.15) is 0 Å². The summed E-state index contributed by atoms with van der Waals surface area (Å²) >= 11 is 0. The molecule has 4 aromatic rings. The summed E-state index contributed by atoms with van der Waals surface area (Å²) in [6, 6.07) is 25.8. The predicted molar refractivity (Wildman–Crippen MR) is 134 cm³/mol. The van der Waals surface area contributed by atoms with Gasteiger partial charge < -0.3 is 4.57 Å². The number of benzene rings is 3. The number of hydrogen-bond acceptors (Lipinski definition) is 2. The topological polar surface area (TPSA) is 42.3 Å². The van der Waals surface area contributed by atoms with E-state index in [1.54, 1.807) is 16.4 Å². The van der Waals surface area contributed by atoms with Crippen molar-refractivity contribution in [3.63, 3.8) is 0 Å². The molecule has 0 radical (unpaired) electrons. The lowest BCUT2D eigenvalue weighted by Gasteiger charge is -2.25. The lowest BCUT2D eigenvalue weighted by Crippen LogP contribution is -2.30. The van der Waals surface area contributed by atoms with Gasteiger partial charge in [-0.3, -0.25) is 0 Å². The molecule has 5 heteroatoms. The van der Waals surface area contributed by atoms with Crippen LogP contribution in [0.2, 0.25) is 0 Å². The van der Waals surface area contributed by atoms with E-state index in [9.17, 15) is 8.42 Å². The highest BCUT2D eigenvalue weighted by atomic mass is 32.2. The highest BCUT2D eigenvalue weighted by Gasteiger charge is 2.40. The van der Waals surface area contributed by atoms with Crippen LogP contribution >= 0.6 is 0 Å². The molecule has 33 heavy (non-hydrogen) atoms. The fourth-order valence-electron chi connectivity index (χ4n) is 5.05. The molecule has 0 saturated carbocycles. The quantitative estimate of drug-likeness (QED) is 0.372. The fourth-order valence-corrected chi connectivity index (χ4v) is 6.52. The Hall–Kier alpha value is -3.15. The van der Waals surface area contributed by atoms with Crippen molar-refractivity contribution in [2.45, 2.75) is 17.7 Å². The Bertz CT molecular complexity index is 1420. The molecule has 1 fully saturated rings. The summed E-state index contributed by atoms with van der Waals surface area (Å²) in [4.78, 5) is 0.336. The molecular weight excluding hydrogens is 428 g/mol. The molecule has 0 amide bonds. The summed E-state index contributed by atoms with van der Waals surface area (Å²) in [6.45, 7) is 7.07. The molecule has 4 nitrogen and oxygen atoms in total. The Morgan fingerprint density at radius 1 is 0.939 bits per heavy atom. The standard InChI is InChI=1S/C28H28N2O2S/c1-20-13-15-23(16-14-20)33(31,32)30-17-21(2)25(19-30)28(22-9-5-4-6-10-22)26-18-29(3)27-12-8-7-11-24(26)27/h4-16,18,25,28H,2,17,19H2,1,3H3/t25-,28-/m0/s1. The molecule has 2 heterocycles. The minimum absolute atomic E-state index is 0.0153. The normalized spacial score (nSPS) is 18.1. The van der Waals surface area contributed by atoms with Gasteiger partial charge in [-0.25, -0.2) is 8.42 Å². The van der Waals surface area contributed by atoms with E-state index >= 15 is 0 Å². The molecule has 5 rings (SSSR count). The van der Waals surface area contributed by atoms with Crippen LogP contribution in [0.1, 0.15) is 22.6 Å². The Morgan fingerprint density at radius 3 is 2.33 bits per heavy atom. The minimum Gasteiger partial charge on any atom is -0.350 e. The van der Waals surface area contributed by atoms with Crippen molar-refractivity contribution < 1.29 is 8.42 Å².